The Morgan fingerprint density at radius 1 is 1.03 bits per heavy atom. The predicted octanol–water partition coefficient (Wildman–Crippen LogP) is 5.88. The summed E-state index contributed by atoms with van der Waals surface area (Å²) in [5, 5.41) is 14.7. The molecule has 0 aliphatic carbocycles. The van der Waals surface area contributed by atoms with Crippen LogP contribution in [0.5, 0.6) is 5.75 Å². The van der Waals surface area contributed by atoms with Gasteiger partial charge in [0, 0.05) is 26.9 Å². The number of nitrogens with zero attached hydrogens (tertiary/aromatic N) is 4. The highest BCUT2D eigenvalue weighted by Crippen LogP contribution is 2.29. The Balaban J connectivity index is 1.52. The van der Waals surface area contributed by atoms with Gasteiger partial charge in [0.05, 0.1) is 18.6 Å². The molecule has 1 aromatic heterocycles. The first-order valence-electron chi connectivity index (χ1n) is 10.5. The van der Waals surface area contributed by atoms with E-state index < -0.39 is 0 Å². The Morgan fingerprint density at radius 2 is 1.71 bits per heavy atom. The molecule has 4 rings (SSSR count). The number of aromatic nitrogens is 3. The van der Waals surface area contributed by atoms with Gasteiger partial charge in [-0.1, -0.05) is 47.1 Å². The molecule has 0 spiro atoms. The Bertz CT molecular complexity index is 1360. The molecule has 0 aliphatic rings. The molecule has 0 atom stereocenters. The molecular weight excluding hydrogens is 505 g/mol. The zero-order valence-corrected chi connectivity index (χ0v) is 21.2. The van der Waals surface area contributed by atoms with E-state index in [-0.39, 0.29) is 11.7 Å². The number of hydrogen-bond acceptors (Lipinski definition) is 6. The first-order valence-corrected chi connectivity index (χ1v) is 12.3. The maximum absolute atomic E-state index is 12.5. The van der Waals surface area contributed by atoms with Crippen molar-refractivity contribution in [3.05, 3.63) is 88.4 Å². The highest BCUT2D eigenvalue weighted by molar-refractivity contribution is 7.99. The van der Waals surface area contributed by atoms with Crippen LogP contribution in [0.2, 0.25) is 10.0 Å². The second-order valence-electron chi connectivity index (χ2n) is 7.38. The maximum Gasteiger partial charge on any atom is 0.250 e. The lowest BCUT2D eigenvalue weighted by Gasteiger charge is -2.10. The fourth-order valence-electron chi connectivity index (χ4n) is 3.19. The van der Waals surface area contributed by atoms with E-state index in [9.17, 15) is 4.79 Å². The maximum atomic E-state index is 12.5. The molecule has 1 N–H and O–H groups in total. The van der Waals surface area contributed by atoms with Gasteiger partial charge in [-0.15, -0.1) is 10.2 Å². The number of halogens is 2. The van der Waals surface area contributed by atoms with E-state index in [0.717, 1.165) is 22.6 Å². The molecule has 1 amide bonds. The van der Waals surface area contributed by atoms with Crippen molar-refractivity contribution < 1.29 is 9.53 Å². The highest BCUT2D eigenvalue weighted by Gasteiger charge is 2.17. The number of benzene rings is 3. The van der Waals surface area contributed by atoms with Crippen LogP contribution in [0.3, 0.4) is 0 Å². The molecule has 10 heteroatoms. The number of rotatable bonds is 8. The molecule has 4 aromatic rings. The molecule has 3 aromatic carbocycles. The number of carbonyl (C=O) groups is 1. The summed E-state index contributed by atoms with van der Waals surface area (Å²) in [7, 11) is 1.60. The van der Waals surface area contributed by atoms with Crippen molar-refractivity contribution in [3.8, 4) is 22.8 Å². The molecule has 178 valence electrons. The second kappa shape index (κ2) is 11.4. The zero-order chi connectivity index (χ0) is 24.8. The van der Waals surface area contributed by atoms with Crippen molar-refractivity contribution in [1.29, 1.82) is 0 Å². The highest BCUT2D eigenvalue weighted by atomic mass is 35.5. The van der Waals surface area contributed by atoms with Crippen LogP contribution < -0.4 is 10.2 Å². The van der Waals surface area contributed by atoms with Crippen LogP contribution >= 0.6 is 35.0 Å². The summed E-state index contributed by atoms with van der Waals surface area (Å²) in [6, 6.07) is 22.1. The van der Waals surface area contributed by atoms with Gasteiger partial charge < -0.3 is 4.74 Å². The molecule has 7 nitrogen and oxygen atoms in total. The van der Waals surface area contributed by atoms with Crippen molar-refractivity contribution in [2.75, 3.05) is 12.9 Å². The average Bonchev–Trinajstić information content (AvgIpc) is 3.30. The Labute approximate surface area is 217 Å². The fraction of sp³-hybridized carbons (Fsp3) is 0.120. The molecule has 0 aliphatic heterocycles. The number of carbonyl (C=O) groups excluding carboxylic acids is 1. The molecule has 0 fully saturated rings. The van der Waals surface area contributed by atoms with E-state index in [4.69, 9.17) is 27.9 Å². The molecule has 0 unspecified atom stereocenters. The smallest absolute Gasteiger partial charge is 0.250 e. The minimum atomic E-state index is -0.268. The number of nitrogens with one attached hydrogen (secondary N) is 1. The average molecular weight is 526 g/mol. The molecule has 35 heavy (non-hydrogen) atoms. The van der Waals surface area contributed by atoms with Crippen molar-refractivity contribution in [3.63, 3.8) is 0 Å². The Morgan fingerprint density at radius 3 is 2.40 bits per heavy atom. The standard InChI is InChI=1S/C25H21Cl2N5O2S/c1-16(18-4-3-5-22(14-18)34-2)28-29-23(33)15-35-25-31-30-24(17-6-8-19(26)9-7-17)32(25)21-12-10-20(27)11-13-21/h3-14H,15H2,1-2H3,(H,29,33)/b28-16-. The third kappa shape index (κ3) is 6.22. The fourth-order valence-corrected chi connectivity index (χ4v) is 4.19. The van der Waals surface area contributed by atoms with E-state index in [2.05, 4.69) is 20.7 Å². The van der Waals surface area contributed by atoms with Crippen molar-refractivity contribution >= 4 is 46.6 Å². The van der Waals surface area contributed by atoms with Crippen LogP contribution in [0.25, 0.3) is 17.1 Å². The summed E-state index contributed by atoms with van der Waals surface area (Å²) in [5.41, 5.74) is 5.77. The van der Waals surface area contributed by atoms with Gasteiger partial charge in [0.1, 0.15) is 5.75 Å². The second-order valence-corrected chi connectivity index (χ2v) is 9.19. The van der Waals surface area contributed by atoms with Gasteiger partial charge in [-0.05, 0) is 67.6 Å². The Kier molecular flexibility index (Phi) is 8.07. The summed E-state index contributed by atoms with van der Waals surface area (Å²) in [6.07, 6.45) is 0. The molecular formula is C25H21Cl2N5O2S. The summed E-state index contributed by atoms with van der Waals surface area (Å²) >= 11 is 13.4. The summed E-state index contributed by atoms with van der Waals surface area (Å²) < 4.78 is 7.11. The normalized spacial score (nSPS) is 11.4. The largest absolute Gasteiger partial charge is 0.497 e. The monoisotopic (exact) mass is 525 g/mol. The summed E-state index contributed by atoms with van der Waals surface area (Å²) in [6.45, 7) is 1.82. The molecule has 0 bridgehead atoms. The van der Waals surface area contributed by atoms with Gasteiger partial charge in [-0.25, -0.2) is 5.43 Å². The van der Waals surface area contributed by atoms with Crippen LogP contribution in [-0.4, -0.2) is 39.2 Å². The Hall–Kier alpha value is -3.33. The van der Waals surface area contributed by atoms with Crippen LogP contribution in [0.4, 0.5) is 0 Å². The van der Waals surface area contributed by atoms with Crippen LogP contribution in [-0.2, 0) is 4.79 Å². The summed E-state index contributed by atoms with van der Waals surface area (Å²) in [4.78, 5) is 12.5. The molecule has 1 heterocycles. The van der Waals surface area contributed by atoms with Gasteiger partial charge in [-0.2, -0.15) is 5.10 Å². The van der Waals surface area contributed by atoms with Crippen LogP contribution in [0, 0.1) is 0 Å². The topological polar surface area (TPSA) is 81.4 Å². The minimum absolute atomic E-state index is 0.0984. The predicted molar refractivity (Wildman–Crippen MR) is 141 cm³/mol. The quantitative estimate of drug-likeness (QED) is 0.176. The first kappa shape index (κ1) is 24.8. The van der Waals surface area contributed by atoms with Crippen LogP contribution in [0.15, 0.2) is 83.1 Å². The van der Waals surface area contributed by atoms with Crippen LogP contribution in [0.1, 0.15) is 12.5 Å². The molecule has 0 saturated heterocycles. The zero-order valence-electron chi connectivity index (χ0n) is 18.9. The van der Waals surface area contributed by atoms with Gasteiger partial charge in [0.15, 0.2) is 11.0 Å². The number of thioether (sulfide) groups is 1. The van der Waals surface area contributed by atoms with E-state index in [1.165, 1.54) is 11.8 Å². The third-order valence-electron chi connectivity index (χ3n) is 4.99. The minimum Gasteiger partial charge on any atom is -0.497 e. The van der Waals surface area contributed by atoms with E-state index in [1.54, 1.807) is 31.4 Å². The van der Waals surface area contributed by atoms with E-state index >= 15 is 0 Å². The summed E-state index contributed by atoms with van der Waals surface area (Å²) in [5.74, 6) is 1.17. The lowest BCUT2D eigenvalue weighted by Crippen LogP contribution is -2.21. The number of methoxy groups -OCH3 is 1. The van der Waals surface area contributed by atoms with E-state index in [1.807, 2.05) is 60.0 Å². The number of hydrogen-bond donors (Lipinski definition) is 1. The lowest BCUT2D eigenvalue weighted by molar-refractivity contribution is -0.118. The number of hydrazone groups is 1. The molecule has 0 radical (unpaired) electrons. The third-order valence-corrected chi connectivity index (χ3v) is 6.42. The first-order chi connectivity index (χ1) is 16.9. The van der Waals surface area contributed by atoms with Crippen molar-refractivity contribution in [2.45, 2.75) is 12.1 Å². The number of amides is 1. The van der Waals surface area contributed by atoms with Gasteiger partial charge in [-0.3, -0.25) is 9.36 Å². The number of ether oxygens (including phenoxy) is 1. The lowest BCUT2D eigenvalue weighted by atomic mass is 10.1. The van der Waals surface area contributed by atoms with Gasteiger partial charge in [0.2, 0.25) is 0 Å². The van der Waals surface area contributed by atoms with E-state index in [0.29, 0.717) is 26.7 Å². The van der Waals surface area contributed by atoms with Crippen molar-refractivity contribution in [2.24, 2.45) is 5.10 Å². The SMILES string of the molecule is COc1cccc(/C(C)=N\NC(=O)CSc2nnc(-c3ccc(Cl)cc3)n2-c2ccc(Cl)cc2)c1. The van der Waals surface area contributed by atoms with Crippen molar-refractivity contribution in [1.82, 2.24) is 20.2 Å². The van der Waals surface area contributed by atoms with Gasteiger partial charge in [0.25, 0.3) is 5.91 Å². The molecule has 0 saturated carbocycles. The van der Waals surface area contributed by atoms with Gasteiger partial charge >= 0.3 is 0 Å².